The molecule has 3 nitrogen and oxygen atoms in total. The first-order valence-electron chi connectivity index (χ1n) is 7.96. The molecule has 25 heavy (non-hydrogen) atoms. The van der Waals surface area contributed by atoms with Gasteiger partial charge in [-0.3, -0.25) is 4.57 Å². The lowest BCUT2D eigenvalue weighted by molar-refractivity contribution is 0.414. The van der Waals surface area contributed by atoms with Gasteiger partial charge in [-0.05, 0) is 41.2 Å². The molecule has 1 unspecified atom stereocenters. The molecular formula is C20H17O3PS. The first-order chi connectivity index (χ1) is 12.2. The zero-order valence-corrected chi connectivity index (χ0v) is 15.4. The normalized spacial score (nSPS) is 18.0. The van der Waals surface area contributed by atoms with E-state index in [2.05, 4.69) is 0 Å². The number of hydrogen-bond donors (Lipinski definition) is 0. The van der Waals surface area contributed by atoms with Crippen molar-refractivity contribution in [1.82, 2.24) is 0 Å². The van der Waals surface area contributed by atoms with Crippen LogP contribution in [0.2, 0.25) is 0 Å². The van der Waals surface area contributed by atoms with Crippen LogP contribution < -0.4 is 14.6 Å². The van der Waals surface area contributed by atoms with Crippen LogP contribution in [0.5, 0.6) is 11.5 Å². The number of rotatable bonds is 4. The highest BCUT2D eigenvalue weighted by molar-refractivity contribution is 8.58. The van der Waals surface area contributed by atoms with Crippen molar-refractivity contribution < 1.29 is 13.8 Å². The Bertz CT molecular complexity index is 953. The van der Waals surface area contributed by atoms with E-state index in [9.17, 15) is 4.57 Å². The molecule has 4 rings (SSSR count). The van der Waals surface area contributed by atoms with Crippen LogP contribution in [0.3, 0.4) is 0 Å². The Kier molecular flexibility index (Phi) is 4.32. The summed E-state index contributed by atoms with van der Waals surface area (Å²) in [5, 5.41) is 0.784. The van der Waals surface area contributed by atoms with Gasteiger partial charge in [0.25, 0.3) is 0 Å². The van der Waals surface area contributed by atoms with Gasteiger partial charge in [-0.25, -0.2) is 0 Å². The molecule has 0 aliphatic carbocycles. The van der Waals surface area contributed by atoms with Crippen molar-refractivity contribution in [2.45, 2.75) is 5.75 Å². The van der Waals surface area contributed by atoms with E-state index in [1.54, 1.807) is 7.11 Å². The van der Waals surface area contributed by atoms with Crippen LogP contribution in [0.25, 0.3) is 11.1 Å². The van der Waals surface area contributed by atoms with Crippen LogP contribution in [0.1, 0.15) is 5.56 Å². The standard InChI is InChI=1S/C20H17O3PS/c1-22-16-12-10-15(11-13-16)14-25-24(21)20-9-5-3-7-18(20)17-6-2-4-8-19(17)23-24/h2-13H,14H2,1H3. The SMILES string of the molecule is COc1ccc(CSP2(=O)Oc3ccccc3-c3ccccc32)cc1. The maximum Gasteiger partial charge on any atom is 0.334 e. The molecule has 1 aliphatic heterocycles. The Labute approximate surface area is 151 Å². The van der Waals surface area contributed by atoms with E-state index in [4.69, 9.17) is 9.26 Å². The molecular weight excluding hydrogens is 351 g/mol. The van der Waals surface area contributed by atoms with Crippen LogP contribution >= 0.6 is 18.0 Å². The summed E-state index contributed by atoms with van der Waals surface area (Å²) in [5.41, 5.74) is 3.07. The molecule has 0 saturated heterocycles. The molecule has 0 aromatic heterocycles. The number of fused-ring (bicyclic) bond motifs is 3. The Balaban J connectivity index is 1.66. The van der Waals surface area contributed by atoms with Crippen LogP contribution in [0.4, 0.5) is 0 Å². The van der Waals surface area contributed by atoms with Gasteiger partial charge in [0.1, 0.15) is 11.5 Å². The van der Waals surface area contributed by atoms with E-state index in [-0.39, 0.29) is 0 Å². The first-order valence-corrected chi connectivity index (χ1v) is 11.2. The lowest BCUT2D eigenvalue weighted by Gasteiger charge is -2.27. The summed E-state index contributed by atoms with van der Waals surface area (Å²) in [5.74, 6) is 2.11. The number of hydrogen-bond acceptors (Lipinski definition) is 4. The van der Waals surface area contributed by atoms with Crippen molar-refractivity contribution in [1.29, 1.82) is 0 Å². The zero-order chi connectivity index (χ0) is 17.3. The van der Waals surface area contributed by atoms with Gasteiger partial charge in [0.15, 0.2) is 0 Å². The highest BCUT2D eigenvalue weighted by Crippen LogP contribution is 2.63. The van der Waals surface area contributed by atoms with Crippen molar-refractivity contribution in [3.8, 4) is 22.6 Å². The molecule has 0 spiro atoms. The number of benzene rings is 3. The quantitative estimate of drug-likeness (QED) is 0.569. The molecule has 0 fully saturated rings. The molecule has 0 N–H and O–H groups in total. The molecule has 0 radical (unpaired) electrons. The predicted octanol–water partition coefficient (Wildman–Crippen LogP) is 5.51. The van der Waals surface area contributed by atoms with Gasteiger partial charge in [-0.2, -0.15) is 0 Å². The Morgan fingerprint density at radius 1 is 0.920 bits per heavy atom. The maximum atomic E-state index is 13.6. The van der Waals surface area contributed by atoms with E-state index < -0.39 is 6.57 Å². The van der Waals surface area contributed by atoms with Crippen LogP contribution in [0.15, 0.2) is 72.8 Å². The molecule has 0 saturated carbocycles. The summed E-state index contributed by atoms with van der Waals surface area (Å²) in [6, 6.07) is 23.4. The third-order valence-corrected chi connectivity index (χ3v) is 8.60. The molecule has 1 heterocycles. The molecule has 1 atom stereocenters. The summed E-state index contributed by atoms with van der Waals surface area (Å²) in [6.45, 7) is -3.03. The predicted molar refractivity (Wildman–Crippen MR) is 104 cm³/mol. The van der Waals surface area contributed by atoms with Gasteiger partial charge in [0, 0.05) is 16.9 Å². The van der Waals surface area contributed by atoms with Crippen LogP contribution in [-0.2, 0) is 10.3 Å². The topological polar surface area (TPSA) is 35.5 Å². The Morgan fingerprint density at radius 3 is 2.36 bits per heavy atom. The fourth-order valence-electron chi connectivity index (χ4n) is 2.86. The van der Waals surface area contributed by atoms with Crippen LogP contribution in [-0.4, -0.2) is 7.11 Å². The minimum absolute atomic E-state index is 0.609. The van der Waals surface area contributed by atoms with Crippen LogP contribution in [0, 0.1) is 0 Å². The fraction of sp³-hybridized carbons (Fsp3) is 0.100. The van der Waals surface area contributed by atoms with E-state index in [0.717, 1.165) is 27.7 Å². The second-order valence-corrected chi connectivity index (χ2v) is 10.1. The number of methoxy groups -OCH3 is 1. The molecule has 0 amide bonds. The lowest BCUT2D eigenvalue weighted by atomic mass is 10.0. The highest BCUT2D eigenvalue weighted by atomic mass is 32.7. The van der Waals surface area contributed by atoms with Crippen molar-refractivity contribution in [2.24, 2.45) is 0 Å². The fourth-order valence-corrected chi connectivity index (χ4v) is 7.09. The lowest BCUT2D eigenvalue weighted by Crippen LogP contribution is -2.15. The Hall–Kier alpha value is -2.16. The Morgan fingerprint density at radius 2 is 1.60 bits per heavy atom. The molecule has 3 aromatic rings. The first kappa shape index (κ1) is 16.3. The summed E-state index contributed by atoms with van der Waals surface area (Å²) < 4.78 is 24.8. The third-order valence-electron chi connectivity index (χ3n) is 4.16. The third kappa shape index (κ3) is 3.08. The number of para-hydroxylation sites is 1. The summed E-state index contributed by atoms with van der Waals surface area (Å²) in [4.78, 5) is 0. The van der Waals surface area contributed by atoms with E-state index in [1.807, 2.05) is 72.8 Å². The minimum atomic E-state index is -3.03. The van der Waals surface area contributed by atoms with Gasteiger partial charge in [-0.1, -0.05) is 48.5 Å². The minimum Gasteiger partial charge on any atom is -0.497 e. The van der Waals surface area contributed by atoms with E-state index in [1.165, 1.54) is 11.4 Å². The van der Waals surface area contributed by atoms with Gasteiger partial charge in [-0.15, -0.1) is 0 Å². The molecule has 1 aliphatic rings. The van der Waals surface area contributed by atoms with Gasteiger partial charge < -0.3 is 9.26 Å². The monoisotopic (exact) mass is 368 g/mol. The average Bonchev–Trinajstić information content (AvgIpc) is 2.67. The van der Waals surface area contributed by atoms with Crippen molar-refractivity contribution >= 4 is 23.3 Å². The average molecular weight is 368 g/mol. The van der Waals surface area contributed by atoms with Crippen molar-refractivity contribution in [2.75, 3.05) is 7.11 Å². The maximum absolute atomic E-state index is 13.6. The summed E-state index contributed by atoms with van der Waals surface area (Å²) >= 11 is 1.37. The molecule has 126 valence electrons. The zero-order valence-electron chi connectivity index (χ0n) is 13.7. The smallest absolute Gasteiger partial charge is 0.334 e. The van der Waals surface area contributed by atoms with Gasteiger partial charge >= 0.3 is 6.57 Å². The van der Waals surface area contributed by atoms with E-state index in [0.29, 0.717) is 11.5 Å². The van der Waals surface area contributed by atoms with Crippen molar-refractivity contribution in [3.05, 3.63) is 78.4 Å². The number of ether oxygens (including phenoxy) is 1. The van der Waals surface area contributed by atoms with Crippen molar-refractivity contribution in [3.63, 3.8) is 0 Å². The second-order valence-electron chi connectivity index (χ2n) is 5.72. The summed E-state index contributed by atoms with van der Waals surface area (Å²) in [6.07, 6.45) is 0. The van der Waals surface area contributed by atoms with Gasteiger partial charge in [0.05, 0.1) is 12.4 Å². The summed E-state index contributed by atoms with van der Waals surface area (Å²) in [7, 11) is 1.65. The highest BCUT2D eigenvalue weighted by Gasteiger charge is 2.36. The van der Waals surface area contributed by atoms with E-state index >= 15 is 0 Å². The largest absolute Gasteiger partial charge is 0.497 e. The molecule has 5 heteroatoms. The second kappa shape index (κ2) is 6.62. The van der Waals surface area contributed by atoms with Gasteiger partial charge in [0.2, 0.25) is 0 Å². The molecule has 3 aromatic carbocycles. The molecule has 0 bridgehead atoms.